The van der Waals surface area contributed by atoms with Gasteiger partial charge in [0.15, 0.2) is 11.6 Å². The van der Waals surface area contributed by atoms with Crippen molar-refractivity contribution in [3.05, 3.63) is 82.4 Å². The molecule has 0 unspecified atom stereocenters. The number of carbonyl (C=O) groups excluding carboxylic acids is 2. The van der Waals surface area contributed by atoms with Crippen LogP contribution in [0.3, 0.4) is 0 Å². The number of benzene rings is 1. The predicted octanol–water partition coefficient (Wildman–Crippen LogP) is 4.80. The number of hydrogen-bond acceptors (Lipinski definition) is 9. The van der Waals surface area contributed by atoms with E-state index in [1.165, 1.54) is 0 Å². The Balaban J connectivity index is 1.17. The van der Waals surface area contributed by atoms with Crippen LogP contribution in [0.4, 0.5) is 15.9 Å². The first-order valence-electron chi connectivity index (χ1n) is 16.0. The second kappa shape index (κ2) is 15.1. The molecule has 3 aromatic heterocycles. The van der Waals surface area contributed by atoms with Gasteiger partial charge in [-0.25, -0.2) is 14.4 Å². The first-order valence-corrected chi connectivity index (χ1v) is 16.4. The van der Waals surface area contributed by atoms with Crippen molar-refractivity contribution in [3.8, 4) is 28.4 Å². The number of methoxy groups -OCH3 is 1. The van der Waals surface area contributed by atoms with E-state index in [1.807, 2.05) is 37.3 Å². The second-order valence-electron chi connectivity index (χ2n) is 12.0. The molecule has 5 heterocycles. The van der Waals surface area contributed by atoms with E-state index in [-0.39, 0.29) is 36.3 Å². The Bertz CT molecular complexity index is 1820. The molecule has 4 aromatic rings. The summed E-state index contributed by atoms with van der Waals surface area (Å²) >= 11 is 6.93. The summed E-state index contributed by atoms with van der Waals surface area (Å²) in [6.07, 6.45) is 5.94. The summed E-state index contributed by atoms with van der Waals surface area (Å²) in [6, 6.07) is 13.1. The number of aromatic nitrogens is 3. The number of pyridine rings is 3. The molecule has 2 aliphatic rings. The van der Waals surface area contributed by atoms with Gasteiger partial charge in [-0.05, 0) is 49.6 Å². The number of amides is 2. The highest BCUT2D eigenvalue weighted by molar-refractivity contribution is 6.36. The van der Waals surface area contributed by atoms with E-state index >= 15 is 4.39 Å². The highest BCUT2D eigenvalue weighted by atomic mass is 35.5. The second-order valence-corrected chi connectivity index (χ2v) is 12.4. The number of nitrogens with zero attached hydrogens (tertiary/aromatic N) is 3. The molecule has 11 nitrogen and oxygen atoms in total. The van der Waals surface area contributed by atoms with Gasteiger partial charge in [0.05, 0.1) is 29.2 Å². The molecule has 250 valence electrons. The third-order valence-electron chi connectivity index (χ3n) is 8.67. The molecule has 0 spiro atoms. The van der Waals surface area contributed by atoms with Crippen molar-refractivity contribution in [2.24, 2.45) is 0 Å². The molecule has 2 fully saturated rings. The monoisotopic (exact) mass is 672 g/mol. The largest absolute Gasteiger partial charge is 0.481 e. The molecular formula is C35H38ClFN8O3. The van der Waals surface area contributed by atoms with Crippen LogP contribution in [0.15, 0.2) is 54.9 Å². The Kier molecular flexibility index (Phi) is 10.4. The van der Waals surface area contributed by atoms with Crippen LogP contribution in [0.1, 0.15) is 42.4 Å². The Morgan fingerprint density at radius 3 is 2.25 bits per heavy atom. The van der Waals surface area contributed by atoms with Gasteiger partial charge in [0.2, 0.25) is 17.7 Å². The number of hydrogen-bond donors (Lipinski definition) is 5. The standard InChI is InChI=1S/C35H38ClFN8O3/c1-20-25(27-9-6-22(35(45-27)48-2)17-39-19-24-8-11-30(47)43-24)13-15-40-33(20)26-4-3-5-28(31(26)36)44-34-32(37)21(12-14-41-34)16-38-18-23-7-10-29(46)42-23/h3-6,9,12-15,23-24,38-39H,7-8,10-11,16-19H2,1-2H3,(H,41,44)(H,42,46)(H,43,47)/t23-,24+/m1/s1. The number of rotatable bonds is 13. The fourth-order valence-corrected chi connectivity index (χ4v) is 6.35. The average Bonchev–Trinajstić information content (AvgIpc) is 3.70. The number of halogens is 2. The van der Waals surface area contributed by atoms with Crippen LogP contribution in [-0.4, -0.2) is 59.0 Å². The lowest BCUT2D eigenvalue weighted by Gasteiger charge is -2.16. The zero-order chi connectivity index (χ0) is 33.6. The summed E-state index contributed by atoms with van der Waals surface area (Å²) in [5.74, 6) is 0.218. The summed E-state index contributed by atoms with van der Waals surface area (Å²) in [7, 11) is 1.59. The van der Waals surface area contributed by atoms with E-state index in [1.54, 1.807) is 31.6 Å². The molecule has 5 N–H and O–H groups in total. The van der Waals surface area contributed by atoms with E-state index in [9.17, 15) is 9.59 Å². The van der Waals surface area contributed by atoms with Gasteiger partial charge in [0.1, 0.15) is 0 Å². The highest BCUT2D eigenvalue weighted by Gasteiger charge is 2.22. The number of ether oxygens (including phenoxy) is 1. The third-order valence-corrected chi connectivity index (χ3v) is 9.08. The predicted molar refractivity (Wildman–Crippen MR) is 182 cm³/mol. The van der Waals surface area contributed by atoms with Gasteiger partial charge in [-0.3, -0.25) is 14.6 Å². The van der Waals surface area contributed by atoms with Crippen molar-refractivity contribution >= 4 is 34.9 Å². The summed E-state index contributed by atoms with van der Waals surface area (Å²) in [5.41, 5.74) is 5.62. The Morgan fingerprint density at radius 2 is 1.58 bits per heavy atom. The quantitative estimate of drug-likeness (QED) is 0.135. The van der Waals surface area contributed by atoms with Crippen molar-refractivity contribution < 1.29 is 18.7 Å². The topological polar surface area (TPSA) is 142 Å². The van der Waals surface area contributed by atoms with Gasteiger partial charge in [0.25, 0.3) is 0 Å². The van der Waals surface area contributed by atoms with Crippen molar-refractivity contribution in [1.29, 1.82) is 0 Å². The zero-order valence-corrected chi connectivity index (χ0v) is 27.6. The first kappa shape index (κ1) is 33.3. The minimum Gasteiger partial charge on any atom is -0.481 e. The van der Waals surface area contributed by atoms with Gasteiger partial charge < -0.3 is 31.3 Å². The van der Waals surface area contributed by atoms with Gasteiger partial charge in [-0.15, -0.1) is 0 Å². The molecule has 0 bridgehead atoms. The van der Waals surface area contributed by atoms with Crippen molar-refractivity contribution in [2.45, 2.75) is 57.8 Å². The molecule has 13 heteroatoms. The lowest BCUT2D eigenvalue weighted by Crippen LogP contribution is -2.35. The van der Waals surface area contributed by atoms with E-state index in [2.05, 4.69) is 36.6 Å². The molecular weight excluding hydrogens is 635 g/mol. The normalized spacial score (nSPS) is 17.3. The molecule has 6 rings (SSSR count). The number of carbonyl (C=O) groups is 2. The smallest absolute Gasteiger partial charge is 0.220 e. The molecule has 0 aliphatic carbocycles. The van der Waals surface area contributed by atoms with Gasteiger partial charge >= 0.3 is 0 Å². The van der Waals surface area contributed by atoms with Gasteiger partial charge in [-0.1, -0.05) is 29.8 Å². The third kappa shape index (κ3) is 7.56. The highest BCUT2D eigenvalue weighted by Crippen LogP contribution is 2.38. The molecule has 2 aliphatic heterocycles. The maximum atomic E-state index is 15.5. The maximum absolute atomic E-state index is 15.5. The van der Waals surface area contributed by atoms with Crippen molar-refractivity contribution in [2.75, 3.05) is 25.5 Å². The van der Waals surface area contributed by atoms with Crippen LogP contribution in [0.2, 0.25) is 5.02 Å². The van der Waals surface area contributed by atoms with Gasteiger partial charge in [-0.2, -0.15) is 0 Å². The molecule has 2 amide bonds. The van der Waals surface area contributed by atoms with Crippen LogP contribution < -0.4 is 31.3 Å². The molecule has 1 aromatic carbocycles. The minimum absolute atomic E-state index is 0.0446. The number of nitrogens with one attached hydrogen (secondary N) is 5. The minimum atomic E-state index is -0.484. The Hall–Kier alpha value is -4.65. The average molecular weight is 673 g/mol. The van der Waals surface area contributed by atoms with Gasteiger partial charge in [0, 0.05) is 85.8 Å². The molecule has 2 saturated heterocycles. The lowest BCUT2D eigenvalue weighted by molar-refractivity contribution is -0.120. The maximum Gasteiger partial charge on any atom is 0.220 e. The van der Waals surface area contributed by atoms with Crippen LogP contribution in [-0.2, 0) is 22.7 Å². The summed E-state index contributed by atoms with van der Waals surface area (Å²) in [5, 5.41) is 15.9. The summed E-state index contributed by atoms with van der Waals surface area (Å²) in [4.78, 5) is 36.6. The fraction of sp³-hybridized carbons (Fsp3) is 0.343. The Labute approximate surface area is 283 Å². The van der Waals surface area contributed by atoms with E-state index in [0.29, 0.717) is 65.9 Å². The van der Waals surface area contributed by atoms with Crippen LogP contribution in [0.25, 0.3) is 22.5 Å². The van der Waals surface area contributed by atoms with E-state index < -0.39 is 5.82 Å². The van der Waals surface area contributed by atoms with Crippen LogP contribution in [0, 0.1) is 12.7 Å². The van der Waals surface area contributed by atoms with Crippen molar-refractivity contribution in [3.63, 3.8) is 0 Å². The fourth-order valence-electron chi connectivity index (χ4n) is 6.08. The van der Waals surface area contributed by atoms with E-state index in [4.69, 9.17) is 21.3 Å². The van der Waals surface area contributed by atoms with Crippen molar-refractivity contribution in [1.82, 2.24) is 36.2 Å². The molecule has 48 heavy (non-hydrogen) atoms. The summed E-state index contributed by atoms with van der Waals surface area (Å²) < 4.78 is 21.1. The molecule has 2 atom stereocenters. The first-order chi connectivity index (χ1) is 23.3. The van der Waals surface area contributed by atoms with E-state index in [0.717, 1.165) is 35.2 Å². The Morgan fingerprint density at radius 1 is 0.896 bits per heavy atom. The number of anilines is 2. The summed E-state index contributed by atoms with van der Waals surface area (Å²) in [6.45, 7) is 4.03. The SMILES string of the molecule is COc1nc(-c2ccnc(-c3cccc(Nc4nccc(CNC[C@H]5CCC(=O)N5)c4F)c3Cl)c2C)ccc1CNC[C@@H]1CCC(=O)N1. The molecule has 0 radical (unpaired) electrons. The zero-order valence-electron chi connectivity index (χ0n) is 26.8. The lowest BCUT2D eigenvalue weighted by atomic mass is 9.99. The van der Waals surface area contributed by atoms with Crippen LogP contribution >= 0.6 is 11.6 Å². The van der Waals surface area contributed by atoms with Crippen LogP contribution in [0.5, 0.6) is 5.88 Å². The molecule has 0 saturated carbocycles.